The summed E-state index contributed by atoms with van der Waals surface area (Å²) in [4.78, 5) is 20.6. The standard InChI is InChI=1S/C23H39N5O.HI/c1-17-12-18(2)15-28(14-17)23(3,4)16-26-22(24-5)25-13-19-8-10-20(11-9-19)21(29)27(6)7;/h8-11,17-18H,12-16H2,1-7H3,(H2,24,25,26);1H. The molecule has 170 valence electrons. The van der Waals surface area contributed by atoms with E-state index in [9.17, 15) is 4.79 Å². The molecule has 7 heteroatoms. The Morgan fingerprint density at radius 1 is 1.13 bits per heavy atom. The molecule has 6 nitrogen and oxygen atoms in total. The summed E-state index contributed by atoms with van der Waals surface area (Å²) in [5, 5.41) is 6.86. The lowest BCUT2D eigenvalue weighted by Crippen LogP contribution is -2.57. The summed E-state index contributed by atoms with van der Waals surface area (Å²) < 4.78 is 0. The lowest BCUT2D eigenvalue weighted by molar-refractivity contribution is 0.0483. The summed E-state index contributed by atoms with van der Waals surface area (Å²) in [6, 6.07) is 7.71. The molecule has 2 N–H and O–H groups in total. The monoisotopic (exact) mass is 529 g/mol. The highest BCUT2D eigenvalue weighted by Crippen LogP contribution is 2.26. The molecule has 1 aliphatic rings. The first-order chi connectivity index (χ1) is 13.6. The average Bonchev–Trinajstić information content (AvgIpc) is 2.67. The van der Waals surface area contributed by atoms with Crippen LogP contribution in [0.3, 0.4) is 0 Å². The number of rotatable bonds is 6. The zero-order valence-electron chi connectivity index (χ0n) is 19.7. The van der Waals surface area contributed by atoms with Crippen molar-refractivity contribution in [3.8, 4) is 0 Å². The van der Waals surface area contributed by atoms with Crippen molar-refractivity contribution in [1.82, 2.24) is 20.4 Å². The summed E-state index contributed by atoms with van der Waals surface area (Å²) in [6.07, 6.45) is 1.32. The quantitative estimate of drug-likeness (QED) is 0.337. The van der Waals surface area contributed by atoms with Crippen LogP contribution in [0, 0.1) is 11.8 Å². The van der Waals surface area contributed by atoms with Crippen LogP contribution in [0.1, 0.15) is 50.0 Å². The summed E-state index contributed by atoms with van der Waals surface area (Å²) in [5.74, 6) is 2.31. The van der Waals surface area contributed by atoms with Gasteiger partial charge in [0.2, 0.25) is 0 Å². The van der Waals surface area contributed by atoms with E-state index >= 15 is 0 Å². The Morgan fingerprint density at radius 3 is 2.20 bits per heavy atom. The minimum Gasteiger partial charge on any atom is -0.355 e. The van der Waals surface area contributed by atoms with Crippen molar-refractivity contribution in [2.24, 2.45) is 16.8 Å². The van der Waals surface area contributed by atoms with E-state index in [1.54, 1.807) is 26.0 Å². The maximum absolute atomic E-state index is 12.0. The van der Waals surface area contributed by atoms with E-state index in [1.807, 2.05) is 24.3 Å². The van der Waals surface area contributed by atoms with Crippen molar-refractivity contribution in [2.75, 3.05) is 40.8 Å². The highest BCUT2D eigenvalue weighted by atomic mass is 127. The number of likely N-dealkylation sites (tertiary alicyclic amines) is 1. The summed E-state index contributed by atoms with van der Waals surface area (Å²) in [5.41, 5.74) is 1.88. The third-order valence-electron chi connectivity index (χ3n) is 5.70. The van der Waals surface area contributed by atoms with E-state index in [-0.39, 0.29) is 35.4 Å². The molecular weight excluding hydrogens is 489 g/mol. The van der Waals surface area contributed by atoms with Gasteiger partial charge in [-0.3, -0.25) is 14.7 Å². The predicted molar refractivity (Wildman–Crippen MR) is 137 cm³/mol. The number of nitrogens with zero attached hydrogens (tertiary/aromatic N) is 3. The van der Waals surface area contributed by atoms with Gasteiger partial charge in [0.15, 0.2) is 5.96 Å². The Morgan fingerprint density at radius 2 is 1.70 bits per heavy atom. The Balaban J connectivity index is 0.00000450. The molecule has 1 aromatic rings. The zero-order valence-corrected chi connectivity index (χ0v) is 22.0. The van der Waals surface area contributed by atoms with Gasteiger partial charge in [0.05, 0.1) is 0 Å². The fourth-order valence-electron chi connectivity index (χ4n) is 4.00. The van der Waals surface area contributed by atoms with Crippen LogP contribution >= 0.6 is 24.0 Å². The van der Waals surface area contributed by atoms with E-state index in [2.05, 4.69) is 48.2 Å². The first-order valence-corrected chi connectivity index (χ1v) is 10.6. The largest absolute Gasteiger partial charge is 0.355 e. The van der Waals surface area contributed by atoms with Gasteiger partial charge in [0, 0.05) is 58.4 Å². The molecule has 0 aromatic heterocycles. The van der Waals surface area contributed by atoms with Crippen LogP contribution in [0.25, 0.3) is 0 Å². The van der Waals surface area contributed by atoms with E-state index < -0.39 is 0 Å². The Bertz CT molecular complexity index is 692. The number of benzene rings is 1. The summed E-state index contributed by atoms with van der Waals surface area (Å²) >= 11 is 0. The number of piperidine rings is 1. The van der Waals surface area contributed by atoms with Crippen LogP contribution in [0.5, 0.6) is 0 Å². The van der Waals surface area contributed by atoms with Gasteiger partial charge in [0.1, 0.15) is 0 Å². The highest BCUT2D eigenvalue weighted by Gasteiger charge is 2.32. The number of hydrogen-bond donors (Lipinski definition) is 2. The second-order valence-electron chi connectivity index (χ2n) is 9.34. The number of amides is 1. The van der Waals surface area contributed by atoms with Gasteiger partial charge in [-0.2, -0.15) is 0 Å². The Labute approximate surface area is 199 Å². The molecule has 0 bridgehead atoms. The number of halogens is 1. The molecular formula is C23H40IN5O. The van der Waals surface area contributed by atoms with Gasteiger partial charge in [0.25, 0.3) is 5.91 Å². The molecule has 1 aliphatic heterocycles. The molecule has 2 atom stereocenters. The highest BCUT2D eigenvalue weighted by molar-refractivity contribution is 14.0. The van der Waals surface area contributed by atoms with Crippen LogP contribution in [0.4, 0.5) is 0 Å². The number of hydrogen-bond acceptors (Lipinski definition) is 3. The number of aliphatic imine (C=N–C) groups is 1. The van der Waals surface area contributed by atoms with E-state index in [0.29, 0.717) is 12.1 Å². The first-order valence-electron chi connectivity index (χ1n) is 10.6. The molecule has 0 aliphatic carbocycles. The topological polar surface area (TPSA) is 60.0 Å². The number of guanidine groups is 1. The van der Waals surface area contributed by atoms with Crippen LogP contribution in [-0.2, 0) is 6.54 Å². The molecule has 1 amide bonds. The molecule has 2 rings (SSSR count). The molecule has 30 heavy (non-hydrogen) atoms. The van der Waals surface area contributed by atoms with Crippen molar-refractivity contribution in [3.05, 3.63) is 35.4 Å². The summed E-state index contributed by atoms with van der Waals surface area (Å²) in [7, 11) is 5.33. The van der Waals surface area contributed by atoms with Crippen LogP contribution in [-0.4, -0.2) is 68.0 Å². The summed E-state index contributed by atoms with van der Waals surface area (Å²) in [6.45, 7) is 13.1. The fourth-order valence-corrected chi connectivity index (χ4v) is 4.00. The van der Waals surface area contributed by atoms with E-state index in [1.165, 1.54) is 6.42 Å². The van der Waals surface area contributed by atoms with Crippen molar-refractivity contribution in [3.63, 3.8) is 0 Å². The Hall–Kier alpha value is -1.35. The third-order valence-corrected chi connectivity index (χ3v) is 5.70. The van der Waals surface area contributed by atoms with Crippen LogP contribution < -0.4 is 10.6 Å². The molecule has 1 saturated heterocycles. The van der Waals surface area contributed by atoms with Gasteiger partial charge in [-0.1, -0.05) is 26.0 Å². The number of carbonyl (C=O) groups is 1. The molecule has 0 radical (unpaired) electrons. The molecule has 2 unspecified atom stereocenters. The minimum atomic E-state index is 0. The number of nitrogens with one attached hydrogen (secondary N) is 2. The van der Waals surface area contributed by atoms with E-state index in [4.69, 9.17) is 0 Å². The van der Waals surface area contributed by atoms with E-state index in [0.717, 1.165) is 43.0 Å². The molecule has 1 fully saturated rings. The van der Waals surface area contributed by atoms with Crippen molar-refractivity contribution in [2.45, 2.75) is 46.2 Å². The van der Waals surface area contributed by atoms with Crippen LogP contribution in [0.2, 0.25) is 0 Å². The SMILES string of the molecule is CN=C(NCc1ccc(C(=O)N(C)C)cc1)NCC(C)(C)N1CC(C)CC(C)C1.I. The van der Waals surface area contributed by atoms with Crippen molar-refractivity contribution in [1.29, 1.82) is 0 Å². The lowest BCUT2D eigenvalue weighted by Gasteiger charge is -2.45. The predicted octanol–water partition coefficient (Wildman–Crippen LogP) is 3.43. The second-order valence-corrected chi connectivity index (χ2v) is 9.34. The van der Waals surface area contributed by atoms with Gasteiger partial charge in [-0.05, 0) is 49.8 Å². The molecule has 0 saturated carbocycles. The smallest absolute Gasteiger partial charge is 0.253 e. The third kappa shape index (κ3) is 7.72. The second kappa shape index (κ2) is 11.9. The lowest BCUT2D eigenvalue weighted by atomic mass is 9.88. The average molecular weight is 530 g/mol. The Kier molecular flexibility index (Phi) is 10.6. The molecule has 1 aromatic carbocycles. The molecule has 0 spiro atoms. The number of carbonyl (C=O) groups excluding carboxylic acids is 1. The van der Waals surface area contributed by atoms with Crippen molar-refractivity contribution < 1.29 is 4.79 Å². The maximum Gasteiger partial charge on any atom is 0.253 e. The maximum atomic E-state index is 12.0. The van der Waals surface area contributed by atoms with Gasteiger partial charge >= 0.3 is 0 Å². The first kappa shape index (κ1) is 26.7. The van der Waals surface area contributed by atoms with Gasteiger partial charge < -0.3 is 15.5 Å². The van der Waals surface area contributed by atoms with Gasteiger partial charge in [-0.15, -0.1) is 24.0 Å². The van der Waals surface area contributed by atoms with Crippen molar-refractivity contribution >= 4 is 35.8 Å². The normalized spacial score (nSPS) is 20.3. The van der Waals surface area contributed by atoms with Crippen LogP contribution in [0.15, 0.2) is 29.3 Å². The minimum absolute atomic E-state index is 0. The zero-order chi connectivity index (χ0) is 21.6. The fraction of sp³-hybridized carbons (Fsp3) is 0.652. The molecule has 1 heterocycles. The van der Waals surface area contributed by atoms with Gasteiger partial charge in [-0.25, -0.2) is 0 Å².